The second-order valence-corrected chi connectivity index (χ2v) is 9.25. The zero-order valence-electron chi connectivity index (χ0n) is 20.5. The summed E-state index contributed by atoms with van der Waals surface area (Å²) in [6, 6.07) is 14.5. The predicted octanol–water partition coefficient (Wildman–Crippen LogP) is 3.75. The van der Waals surface area contributed by atoms with Crippen molar-refractivity contribution in [1.82, 2.24) is 14.5 Å². The summed E-state index contributed by atoms with van der Waals surface area (Å²) in [6.07, 6.45) is 0.622. The Labute approximate surface area is 209 Å². The Morgan fingerprint density at radius 1 is 1.11 bits per heavy atom. The van der Waals surface area contributed by atoms with Crippen LogP contribution in [-0.2, 0) is 27.4 Å². The molecule has 9 heteroatoms. The highest BCUT2D eigenvalue weighted by molar-refractivity contribution is 7.99. The molecule has 0 spiro atoms. The van der Waals surface area contributed by atoms with Crippen LogP contribution in [0.4, 0.5) is 0 Å². The third-order valence-electron chi connectivity index (χ3n) is 5.54. The number of hydrogen-bond donors (Lipinski definition) is 0. The van der Waals surface area contributed by atoms with Crippen molar-refractivity contribution in [1.29, 1.82) is 0 Å². The summed E-state index contributed by atoms with van der Waals surface area (Å²) >= 11 is 1.22. The Morgan fingerprint density at radius 3 is 2.51 bits per heavy atom. The van der Waals surface area contributed by atoms with Crippen molar-refractivity contribution < 1.29 is 19.1 Å². The summed E-state index contributed by atoms with van der Waals surface area (Å²) in [6.45, 7) is 5.37. The number of hydrogen-bond acceptors (Lipinski definition) is 7. The van der Waals surface area contributed by atoms with Crippen molar-refractivity contribution in [3.63, 3.8) is 0 Å². The van der Waals surface area contributed by atoms with Crippen LogP contribution in [0.25, 0.3) is 10.9 Å². The molecule has 0 aliphatic heterocycles. The van der Waals surface area contributed by atoms with Gasteiger partial charge in [0, 0.05) is 32.8 Å². The van der Waals surface area contributed by atoms with Crippen LogP contribution in [0.5, 0.6) is 0 Å². The van der Waals surface area contributed by atoms with Gasteiger partial charge in [0.1, 0.15) is 0 Å². The largest absolute Gasteiger partial charge is 0.465 e. The molecule has 0 saturated carbocycles. The summed E-state index contributed by atoms with van der Waals surface area (Å²) in [7, 11) is 2.91. The van der Waals surface area contributed by atoms with Gasteiger partial charge in [0.15, 0.2) is 5.16 Å². The average molecular weight is 498 g/mol. The standard InChI is InChI=1S/C26H31N3O5S/c1-18(2)29(16-19-9-6-5-7-10-19)23(30)17-35-26-27-22-15-20(25(32)34-4)11-12-21(22)24(31)28(26)13-8-14-33-3/h5-7,9-12,15,18H,8,13-14,16-17H2,1-4H3. The lowest BCUT2D eigenvalue weighted by Gasteiger charge is -2.27. The molecule has 3 aromatic rings. The van der Waals surface area contributed by atoms with Gasteiger partial charge >= 0.3 is 5.97 Å². The van der Waals surface area contributed by atoms with Crippen molar-refractivity contribution in [3.8, 4) is 0 Å². The highest BCUT2D eigenvalue weighted by Gasteiger charge is 2.20. The fraction of sp³-hybridized carbons (Fsp3) is 0.385. The predicted molar refractivity (Wildman–Crippen MR) is 137 cm³/mol. The van der Waals surface area contributed by atoms with E-state index in [1.54, 1.807) is 29.9 Å². The van der Waals surface area contributed by atoms with Gasteiger partial charge in [0.2, 0.25) is 5.91 Å². The fourth-order valence-electron chi connectivity index (χ4n) is 3.67. The molecular formula is C26H31N3O5S. The van der Waals surface area contributed by atoms with Crippen LogP contribution < -0.4 is 5.56 Å². The number of carbonyl (C=O) groups excluding carboxylic acids is 2. The molecule has 3 rings (SSSR count). The van der Waals surface area contributed by atoms with E-state index < -0.39 is 5.97 Å². The maximum Gasteiger partial charge on any atom is 0.337 e. The highest BCUT2D eigenvalue weighted by Crippen LogP contribution is 2.21. The van der Waals surface area contributed by atoms with Gasteiger partial charge < -0.3 is 14.4 Å². The molecule has 0 unspecified atom stereocenters. The van der Waals surface area contributed by atoms with Crippen LogP contribution in [0.1, 0.15) is 36.2 Å². The lowest BCUT2D eigenvalue weighted by molar-refractivity contribution is -0.130. The third kappa shape index (κ3) is 6.70. The quantitative estimate of drug-likeness (QED) is 0.172. The molecule has 0 bridgehead atoms. The Kier molecular flexibility index (Phi) is 9.45. The lowest BCUT2D eigenvalue weighted by Crippen LogP contribution is -2.37. The minimum absolute atomic E-state index is 0.0133. The number of rotatable bonds is 11. The van der Waals surface area contributed by atoms with Crippen LogP contribution in [0.15, 0.2) is 58.5 Å². The van der Waals surface area contributed by atoms with E-state index in [4.69, 9.17) is 9.47 Å². The van der Waals surface area contributed by atoms with Gasteiger partial charge in [-0.1, -0.05) is 42.1 Å². The number of ether oxygens (including phenoxy) is 2. The number of thioether (sulfide) groups is 1. The summed E-state index contributed by atoms with van der Waals surface area (Å²) in [5.41, 5.74) is 1.53. The molecule has 2 aromatic carbocycles. The summed E-state index contributed by atoms with van der Waals surface area (Å²) < 4.78 is 11.5. The van der Waals surface area contributed by atoms with Crippen LogP contribution in [0, 0.1) is 0 Å². The van der Waals surface area contributed by atoms with Crippen molar-refractivity contribution >= 4 is 34.5 Å². The topological polar surface area (TPSA) is 90.7 Å². The van der Waals surface area contributed by atoms with Crippen molar-refractivity contribution in [2.24, 2.45) is 0 Å². The van der Waals surface area contributed by atoms with Gasteiger partial charge in [0.25, 0.3) is 5.56 Å². The molecule has 0 saturated heterocycles. The zero-order chi connectivity index (χ0) is 25.4. The van der Waals surface area contributed by atoms with Crippen molar-refractivity contribution in [3.05, 3.63) is 70.0 Å². The minimum Gasteiger partial charge on any atom is -0.465 e. The van der Waals surface area contributed by atoms with Gasteiger partial charge in [-0.25, -0.2) is 9.78 Å². The van der Waals surface area contributed by atoms with Crippen molar-refractivity contribution in [2.45, 2.75) is 44.6 Å². The normalized spacial score (nSPS) is 11.1. The van der Waals surface area contributed by atoms with E-state index in [0.29, 0.717) is 47.7 Å². The number of nitrogens with zero attached hydrogens (tertiary/aromatic N) is 3. The molecule has 0 aliphatic rings. The Balaban J connectivity index is 1.90. The van der Waals surface area contributed by atoms with Crippen LogP contribution in [0.2, 0.25) is 0 Å². The molecule has 1 aromatic heterocycles. The third-order valence-corrected chi connectivity index (χ3v) is 6.50. The van der Waals surface area contributed by atoms with E-state index >= 15 is 0 Å². The molecule has 0 atom stereocenters. The molecule has 1 amide bonds. The zero-order valence-corrected chi connectivity index (χ0v) is 21.3. The first-order valence-electron chi connectivity index (χ1n) is 11.4. The van der Waals surface area contributed by atoms with E-state index in [0.717, 1.165) is 5.56 Å². The first-order chi connectivity index (χ1) is 16.8. The molecule has 0 fully saturated rings. The van der Waals surface area contributed by atoms with Crippen LogP contribution in [0.3, 0.4) is 0 Å². The summed E-state index contributed by atoms with van der Waals surface area (Å²) in [4.78, 5) is 44.9. The fourth-order valence-corrected chi connectivity index (χ4v) is 4.58. The maximum atomic E-state index is 13.3. The highest BCUT2D eigenvalue weighted by atomic mass is 32.2. The van der Waals surface area contributed by atoms with E-state index in [1.807, 2.05) is 49.1 Å². The Bertz CT molecular complexity index is 1230. The number of aromatic nitrogens is 2. The summed E-state index contributed by atoms with van der Waals surface area (Å²) in [5.74, 6) is -0.421. The molecule has 0 N–H and O–H groups in total. The number of amides is 1. The van der Waals surface area contributed by atoms with Gasteiger partial charge in [-0.05, 0) is 44.0 Å². The second-order valence-electron chi connectivity index (χ2n) is 8.31. The number of carbonyl (C=O) groups is 2. The number of esters is 1. The second kappa shape index (κ2) is 12.5. The molecule has 1 heterocycles. The number of benzene rings is 2. The molecular weight excluding hydrogens is 466 g/mol. The number of methoxy groups -OCH3 is 2. The molecule has 35 heavy (non-hydrogen) atoms. The van der Waals surface area contributed by atoms with E-state index in [9.17, 15) is 14.4 Å². The smallest absolute Gasteiger partial charge is 0.337 e. The lowest BCUT2D eigenvalue weighted by atomic mass is 10.1. The Hall–Kier alpha value is -3.17. The first-order valence-corrected chi connectivity index (χ1v) is 12.4. The first kappa shape index (κ1) is 26.4. The van der Waals surface area contributed by atoms with Gasteiger partial charge in [0.05, 0.1) is 29.3 Å². The van der Waals surface area contributed by atoms with Gasteiger partial charge in [-0.2, -0.15) is 0 Å². The molecule has 8 nitrogen and oxygen atoms in total. The Morgan fingerprint density at radius 2 is 1.86 bits per heavy atom. The van der Waals surface area contributed by atoms with E-state index in [-0.39, 0.29) is 23.3 Å². The van der Waals surface area contributed by atoms with Crippen LogP contribution >= 0.6 is 11.8 Å². The average Bonchev–Trinajstić information content (AvgIpc) is 2.87. The number of fused-ring (bicyclic) bond motifs is 1. The van der Waals surface area contributed by atoms with Crippen molar-refractivity contribution in [2.75, 3.05) is 26.6 Å². The van der Waals surface area contributed by atoms with E-state index in [1.165, 1.54) is 18.9 Å². The molecule has 186 valence electrons. The SMILES string of the molecule is COCCCn1c(SCC(=O)N(Cc2ccccc2)C(C)C)nc2cc(C(=O)OC)ccc2c1=O. The van der Waals surface area contributed by atoms with Crippen LogP contribution in [-0.4, -0.2) is 58.9 Å². The van der Waals surface area contributed by atoms with Gasteiger partial charge in [-0.3, -0.25) is 14.2 Å². The van der Waals surface area contributed by atoms with E-state index in [2.05, 4.69) is 4.98 Å². The van der Waals surface area contributed by atoms with Gasteiger partial charge in [-0.15, -0.1) is 0 Å². The maximum absolute atomic E-state index is 13.3. The minimum atomic E-state index is -0.504. The molecule has 0 radical (unpaired) electrons. The monoisotopic (exact) mass is 497 g/mol. The summed E-state index contributed by atoms with van der Waals surface area (Å²) in [5, 5.41) is 0.830. The molecule has 0 aliphatic carbocycles.